The largest absolute Gasteiger partial charge is 0.462 e. The summed E-state index contributed by atoms with van der Waals surface area (Å²) >= 11 is 0. The van der Waals surface area contributed by atoms with Gasteiger partial charge in [-0.15, -0.1) is 0 Å². The molecule has 0 spiro atoms. The van der Waals surface area contributed by atoms with Crippen LogP contribution in [0.5, 0.6) is 0 Å². The van der Waals surface area contributed by atoms with Crippen molar-refractivity contribution in [1.29, 1.82) is 0 Å². The van der Waals surface area contributed by atoms with Crippen molar-refractivity contribution in [2.45, 2.75) is 50.7 Å². The second-order valence-electron chi connectivity index (χ2n) is 7.75. The van der Waals surface area contributed by atoms with Crippen LogP contribution in [0.1, 0.15) is 48.3 Å². The Hall–Kier alpha value is -2.20. The molecule has 0 amide bonds. The van der Waals surface area contributed by atoms with Gasteiger partial charge in [0.25, 0.3) is 0 Å². The molecule has 0 radical (unpaired) electrons. The van der Waals surface area contributed by atoms with Crippen molar-refractivity contribution in [3.05, 3.63) is 71.0 Å². The molecule has 144 valence electrons. The first-order valence-corrected chi connectivity index (χ1v) is 9.67. The Morgan fingerprint density at radius 1 is 0.963 bits per heavy atom. The van der Waals surface area contributed by atoms with Gasteiger partial charge in [-0.25, -0.2) is 4.39 Å². The lowest BCUT2D eigenvalue weighted by molar-refractivity contribution is -0.149. The quantitative estimate of drug-likeness (QED) is 0.691. The summed E-state index contributed by atoms with van der Waals surface area (Å²) in [4.78, 5) is 14.3. The zero-order chi connectivity index (χ0) is 19.2. The fraction of sp³-hybridized carbons (Fsp3) is 0.435. The highest BCUT2D eigenvalue weighted by Crippen LogP contribution is 2.34. The number of carbonyl (C=O) groups is 1. The molecule has 2 aromatic rings. The summed E-state index contributed by atoms with van der Waals surface area (Å²) in [6.45, 7) is 0.955. The van der Waals surface area contributed by atoms with Crippen molar-refractivity contribution < 1.29 is 13.9 Å². The molecular formula is C23H28FNO2. The summed E-state index contributed by atoms with van der Waals surface area (Å²) in [6.07, 6.45) is 4.09. The maximum absolute atomic E-state index is 12.9. The average molecular weight is 369 g/mol. The highest BCUT2D eigenvalue weighted by atomic mass is 19.1. The summed E-state index contributed by atoms with van der Waals surface area (Å²) in [6, 6.07) is 14.9. The van der Waals surface area contributed by atoms with Crippen LogP contribution < -0.4 is 0 Å². The molecule has 3 nitrogen and oxygen atoms in total. The van der Waals surface area contributed by atoms with Crippen molar-refractivity contribution in [1.82, 2.24) is 4.90 Å². The zero-order valence-electron chi connectivity index (χ0n) is 16.2. The number of esters is 1. The second-order valence-corrected chi connectivity index (χ2v) is 7.75. The van der Waals surface area contributed by atoms with E-state index in [2.05, 4.69) is 43.3 Å². The fourth-order valence-electron chi connectivity index (χ4n) is 3.77. The van der Waals surface area contributed by atoms with Gasteiger partial charge in [-0.3, -0.25) is 4.79 Å². The van der Waals surface area contributed by atoms with Gasteiger partial charge in [0.1, 0.15) is 11.9 Å². The van der Waals surface area contributed by atoms with E-state index in [1.165, 1.54) is 23.3 Å². The molecule has 2 aromatic carbocycles. The van der Waals surface area contributed by atoms with Gasteiger partial charge in [0.15, 0.2) is 0 Å². The molecule has 3 rings (SSSR count). The van der Waals surface area contributed by atoms with E-state index < -0.39 is 0 Å². The first kappa shape index (κ1) is 19.6. The number of carbonyl (C=O) groups excluding carboxylic acids is 1. The van der Waals surface area contributed by atoms with Crippen LogP contribution in [0.3, 0.4) is 0 Å². The lowest BCUT2D eigenvalue weighted by atomic mass is 9.82. The molecule has 0 aliphatic heterocycles. The highest BCUT2D eigenvalue weighted by Gasteiger charge is 2.25. The molecule has 0 atom stereocenters. The molecule has 4 heteroatoms. The minimum Gasteiger partial charge on any atom is -0.462 e. The minimum atomic E-state index is -0.291. The first-order valence-electron chi connectivity index (χ1n) is 9.67. The van der Waals surface area contributed by atoms with Gasteiger partial charge in [-0.05, 0) is 74.5 Å². The molecule has 0 bridgehead atoms. The van der Waals surface area contributed by atoms with Crippen molar-refractivity contribution in [3.63, 3.8) is 0 Å². The number of ether oxygens (including phenoxy) is 1. The van der Waals surface area contributed by atoms with Gasteiger partial charge < -0.3 is 9.64 Å². The first-order chi connectivity index (χ1) is 13.0. The number of nitrogens with zero attached hydrogens (tertiary/aromatic N) is 1. The van der Waals surface area contributed by atoms with Crippen LogP contribution in [0.15, 0.2) is 48.5 Å². The average Bonchev–Trinajstić information content (AvgIpc) is 2.64. The van der Waals surface area contributed by atoms with Gasteiger partial charge in [0.05, 0.1) is 6.42 Å². The molecule has 27 heavy (non-hydrogen) atoms. The molecule has 0 heterocycles. The fourth-order valence-corrected chi connectivity index (χ4v) is 3.77. The number of halogens is 1. The second kappa shape index (κ2) is 9.14. The van der Waals surface area contributed by atoms with Gasteiger partial charge in [0, 0.05) is 6.54 Å². The van der Waals surface area contributed by atoms with Crippen molar-refractivity contribution >= 4 is 5.97 Å². The number of rotatable bonds is 6. The topological polar surface area (TPSA) is 29.5 Å². The van der Waals surface area contributed by atoms with E-state index in [0.717, 1.165) is 37.8 Å². The van der Waals surface area contributed by atoms with Gasteiger partial charge in [0.2, 0.25) is 0 Å². The summed E-state index contributed by atoms with van der Waals surface area (Å²) in [5.41, 5.74) is 3.49. The molecule has 0 unspecified atom stereocenters. The summed E-state index contributed by atoms with van der Waals surface area (Å²) in [5.74, 6) is 0.0312. The Balaban J connectivity index is 1.45. The van der Waals surface area contributed by atoms with E-state index in [1.54, 1.807) is 12.1 Å². The van der Waals surface area contributed by atoms with Gasteiger partial charge in [-0.2, -0.15) is 0 Å². The van der Waals surface area contributed by atoms with Crippen molar-refractivity contribution in [2.24, 2.45) is 0 Å². The molecular weight excluding hydrogens is 341 g/mol. The number of benzene rings is 2. The van der Waals surface area contributed by atoms with E-state index in [9.17, 15) is 9.18 Å². The van der Waals surface area contributed by atoms with E-state index in [1.807, 2.05) is 0 Å². The number of hydrogen-bond acceptors (Lipinski definition) is 3. The molecule has 0 saturated heterocycles. The van der Waals surface area contributed by atoms with Crippen molar-refractivity contribution in [3.8, 4) is 0 Å². The number of hydrogen-bond donors (Lipinski definition) is 0. The summed E-state index contributed by atoms with van der Waals surface area (Å²) in [5, 5.41) is 0. The highest BCUT2D eigenvalue weighted by molar-refractivity contribution is 5.72. The lowest BCUT2D eigenvalue weighted by Gasteiger charge is -2.28. The van der Waals surface area contributed by atoms with Crippen LogP contribution in [0, 0.1) is 5.82 Å². The van der Waals surface area contributed by atoms with Crippen LogP contribution in [0.4, 0.5) is 4.39 Å². The summed E-state index contributed by atoms with van der Waals surface area (Å²) < 4.78 is 18.6. The Morgan fingerprint density at radius 2 is 1.56 bits per heavy atom. The van der Waals surface area contributed by atoms with E-state index in [4.69, 9.17) is 4.74 Å². The monoisotopic (exact) mass is 369 g/mol. The Kier molecular flexibility index (Phi) is 6.62. The lowest BCUT2D eigenvalue weighted by Crippen LogP contribution is -2.24. The van der Waals surface area contributed by atoms with E-state index >= 15 is 0 Å². The Labute approximate surface area is 161 Å². The third-order valence-corrected chi connectivity index (χ3v) is 5.18. The standard InChI is InChI=1S/C23H28FNO2/c1-25(2)16-18-3-7-19(8-4-18)20-9-13-22(14-10-20)27-23(26)15-17-5-11-21(24)12-6-17/h3-8,11-12,20,22H,9-10,13-16H2,1-2H3. The smallest absolute Gasteiger partial charge is 0.310 e. The van der Waals surface area contributed by atoms with Crippen LogP contribution in [-0.4, -0.2) is 31.1 Å². The maximum atomic E-state index is 12.9. The van der Waals surface area contributed by atoms with Crippen LogP contribution in [0.25, 0.3) is 0 Å². The van der Waals surface area contributed by atoms with Crippen molar-refractivity contribution in [2.75, 3.05) is 14.1 Å². The van der Waals surface area contributed by atoms with E-state index in [-0.39, 0.29) is 24.3 Å². The SMILES string of the molecule is CN(C)Cc1ccc(C2CCC(OC(=O)Cc3ccc(F)cc3)CC2)cc1. The zero-order valence-corrected chi connectivity index (χ0v) is 16.2. The molecule has 1 aliphatic carbocycles. The minimum absolute atomic E-state index is 0.00205. The molecule has 0 N–H and O–H groups in total. The summed E-state index contributed by atoms with van der Waals surface area (Å²) in [7, 11) is 4.15. The Bertz CT molecular complexity index is 732. The molecule has 1 saturated carbocycles. The van der Waals surface area contributed by atoms with Crippen LogP contribution in [0.2, 0.25) is 0 Å². The molecule has 1 fully saturated rings. The van der Waals surface area contributed by atoms with E-state index in [0.29, 0.717) is 5.92 Å². The third-order valence-electron chi connectivity index (χ3n) is 5.18. The predicted molar refractivity (Wildman–Crippen MR) is 105 cm³/mol. The molecule has 1 aliphatic rings. The normalized spacial score (nSPS) is 19.9. The predicted octanol–water partition coefficient (Wildman–Crippen LogP) is 4.70. The van der Waals surface area contributed by atoms with Crippen LogP contribution >= 0.6 is 0 Å². The van der Waals surface area contributed by atoms with Crippen LogP contribution in [-0.2, 0) is 22.5 Å². The maximum Gasteiger partial charge on any atom is 0.310 e. The Morgan fingerprint density at radius 3 is 2.15 bits per heavy atom. The van der Waals surface area contributed by atoms with Gasteiger partial charge in [-0.1, -0.05) is 36.4 Å². The van der Waals surface area contributed by atoms with Gasteiger partial charge >= 0.3 is 5.97 Å². The third kappa shape index (κ3) is 5.90. The molecule has 0 aromatic heterocycles.